The first-order chi connectivity index (χ1) is 10.5. The smallest absolute Gasteiger partial charge is 0.341 e. The van der Waals surface area contributed by atoms with Crippen molar-refractivity contribution in [2.45, 2.75) is 16.7 Å². The van der Waals surface area contributed by atoms with Gasteiger partial charge in [-0.05, 0) is 42.8 Å². The zero-order valence-electron chi connectivity index (χ0n) is 11.7. The van der Waals surface area contributed by atoms with Crippen molar-refractivity contribution in [3.8, 4) is 5.75 Å². The third-order valence-corrected chi connectivity index (χ3v) is 4.31. The molecule has 0 fully saturated rings. The third-order valence-electron chi connectivity index (χ3n) is 2.82. The van der Waals surface area contributed by atoms with E-state index in [1.165, 1.54) is 11.8 Å². The molecular formula is C16H13ClO4S. The number of aryl methyl sites for hydroxylation is 1. The summed E-state index contributed by atoms with van der Waals surface area (Å²) in [7, 11) is 0. The molecule has 0 saturated carbocycles. The Kier molecular flexibility index (Phi) is 5.46. The number of halogens is 1. The van der Waals surface area contributed by atoms with E-state index in [1.807, 2.05) is 19.1 Å². The number of carbonyl (C=O) groups excluding carboxylic acids is 1. The van der Waals surface area contributed by atoms with Crippen molar-refractivity contribution in [1.82, 2.24) is 0 Å². The van der Waals surface area contributed by atoms with Gasteiger partial charge in [0.05, 0.1) is 5.02 Å². The van der Waals surface area contributed by atoms with E-state index in [0.29, 0.717) is 16.3 Å². The molecule has 0 bridgehead atoms. The Balaban J connectivity index is 2.15. The first-order valence-corrected chi connectivity index (χ1v) is 7.57. The second kappa shape index (κ2) is 7.33. The monoisotopic (exact) mass is 336 g/mol. The maximum atomic E-state index is 10.7. The van der Waals surface area contributed by atoms with Gasteiger partial charge in [-0.1, -0.05) is 29.4 Å². The summed E-state index contributed by atoms with van der Waals surface area (Å²) in [6.45, 7) is 1.48. The van der Waals surface area contributed by atoms with Gasteiger partial charge in [-0.2, -0.15) is 0 Å². The standard InChI is InChI=1S/C16H13ClO4S/c1-10-6-12(3-4-14(10)21-9-16(19)20)22-15-5-2-11(8-18)7-13(15)17/h2-8H,9H2,1H3,(H,19,20). The lowest BCUT2D eigenvalue weighted by atomic mass is 10.2. The summed E-state index contributed by atoms with van der Waals surface area (Å²) in [6, 6.07) is 10.6. The van der Waals surface area contributed by atoms with Gasteiger partial charge >= 0.3 is 5.97 Å². The van der Waals surface area contributed by atoms with Crippen LogP contribution in [0.4, 0.5) is 0 Å². The number of hydrogen-bond donors (Lipinski definition) is 1. The molecule has 0 aliphatic rings. The van der Waals surface area contributed by atoms with Gasteiger partial charge in [0.2, 0.25) is 0 Å². The van der Waals surface area contributed by atoms with E-state index in [-0.39, 0.29) is 6.61 Å². The van der Waals surface area contributed by atoms with Gasteiger partial charge < -0.3 is 9.84 Å². The van der Waals surface area contributed by atoms with E-state index < -0.39 is 5.97 Å². The molecule has 0 amide bonds. The van der Waals surface area contributed by atoms with Gasteiger partial charge in [0, 0.05) is 15.4 Å². The van der Waals surface area contributed by atoms with E-state index in [4.69, 9.17) is 21.4 Å². The molecule has 0 aliphatic heterocycles. The predicted octanol–water partition coefficient (Wildman–Crippen LogP) is 4.08. The molecule has 0 heterocycles. The lowest BCUT2D eigenvalue weighted by molar-refractivity contribution is -0.139. The Morgan fingerprint density at radius 1 is 1.32 bits per heavy atom. The average molecular weight is 337 g/mol. The van der Waals surface area contributed by atoms with Crippen molar-refractivity contribution < 1.29 is 19.4 Å². The summed E-state index contributed by atoms with van der Waals surface area (Å²) in [5.74, 6) is -0.478. The molecule has 2 rings (SSSR count). The number of carboxylic acid groups (broad SMARTS) is 1. The maximum absolute atomic E-state index is 10.7. The molecule has 0 unspecified atom stereocenters. The van der Waals surface area contributed by atoms with Gasteiger partial charge in [0.15, 0.2) is 6.61 Å². The van der Waals surface area contributed by atoms with Crippen molar-refractivity contribution >= 4 is 35.6 Å². The predicted molar refractivity (Wildman–Crippen MR) is 85.3 cm³/mol. The molecule has 0 aromatic heterocycles. The molecule has 22 heavy (non-hydrogen) atoms. The van der Waals surface area contributed by atoms with Crippen LogP contribution in [-0.2, 0) is 4.79 Å². The summed E-state index contributed by atoms with van der Waals surface area (Å²) in [4.78, 5) is 23.0. The van der Waals surface area contributed by atoms with Crippen molar-refractivity contribution in [2.75, 3.05) is 6.61 Å². The Labute approximate surface area is 137 Å². The van der Waals surface area contributed by atoms with E-state index >= 15 is 0 Å². The fourth-order valence-electron chi connectivity index (χ4n) is 1.79. The minimum absolute atomic E-state index is 0.369. The molecule has 2 aromatic carbocycles. The van der Waals surface area contributed by atoms with Crippen molar-refractivity contribution in [3.63, 3.8) is 0 Å². The molecule has 0 saturated heterocycles. The Morgan fingerprint density at radius 2 is 2.09 bits per heavy atom. The second-order valence-corrected chi connectivity index (χ2v) is 6.04. The van der Waals surface area contributed by atoms with Crippen molar-refractivity contribution in [2.24, 2.45) is 0 Å². The van der Waals surface area contributed by atoms with Gasteiger partial charge in [-0.15, -0.1) is 0 Å². The van der Waals surface area contributed by atoms with Crippen LogP contribution in [0.25, 0.3) is 0 Å². The van der Waals surface area contributed by atoms with E-state index in [9.17, 15) is 9.59 Å². The highest BCUT2D eigenvalue weighted by Gasteiger charge is 2.07. The number of ether oxygens (including phenoxy) is 1. The Morgan fingerprint density at radius 3 is 2.68 bits per heavy atom. The van der Waals surface area contributed by atoms with Crippen molar-refractivity contribution in [3.05, 3.63) is 52.5 Å². The van der Waals surface area contributed by atoms with Crippen LogP contribution in [0.5, 0.6) is 5.75 Å². The van der Waals surface area contributed by atoms with Gasteiger partial charge in [0.1, 0.15) is 12.0 Å². The molecule has 0 atom stereocenters. The largest absolute Gasteiger partial charge is 0.482 e. The summed E-state index contributed by atoms with van der Waals surface area (Å²) in [5.41, 5.74) is 1.37. The molecule has 0 aliphatic carbocycles. The number of hydrogen-bond acceptors (Lipinski definition) is 4. The molecular weight excluding hydrogens is 324 g/mol. The number of carboxylic acids is 1. The van der Waals surface area contributed by atoms with Gasteiger partial charge in [-0.25, -0.2) is 4.79 Å². The number of aldehydes is 1. The lowest BCUT2D eigenvalue weighted by Gasteiger charge is -2.10. The molecule has 114 valence electrons. The zero-order valence-corrected chi connectivity index (χ0v) is 13.3. The molecule has 1 N–H and O–H groups in total. The van der Waals surface area contributed by atoms with Crippen LogP contribution in [0.2, 0.25) is 5.02 Å². The van der Waals surface area contributed by atoms with Crippen LogP contribution >= 0.6 is 23.4 Å². The molecule has 6 heteroatoms. The van der Waals surface area contributed by atoms with Crippen LogP contribution in [0, 0.1) is 6.92 Å². The summed E-state index contributed by atoms with van der Waals surface area (Å²) < 4.78 is 5.18. The minimum atomic E-state index is -1.01. The highest BCUT2D eigenvalue weighted by molar-refractivity contribution is 7.99. The lowest BCUT2D eigenvalue weighted by Crippen LogP contribution is -2.09. The molecule has 0 radical (unpaired) electrons. The summed E-state index contributed by atoms with van der Waals surface area (Å²) >= 11 is 7.60. The summed E-state index contributed by atoms with van der Waals surface area (Å²) in [5, 5.41) is 9.13. The van der Waals surface area contributed by atoms with Crippen molar-refractivity contribution in [1.29, 1.82) is 0 Å². The van der Waals surface area contributed by atoms with Crippen LogP contribution in [0.1, 0.15) is 15.9 Å². The highest BCUT2D eigenvalue weighted by Crippen LogP contribution is 2.35. The summed E-state index contributed by atoms with van der Waals surface area (Å²) in [6.07, 6.45) is 0.749. The van der Waals surface area contributed by atoms with Crippen LogP contribution in [0.3, 0.4) is 0 Å². The molecule has 2 aromatic rings. The minimum Gasteiger partial charge on any atom is -0.482 e. The first kappa shape index (κ1) is 16.4. The SMILES string of the molecule is Cc1cc(Sc2ccc(C=O)cc2Cl)ccc1OCC(=O)O. The molecule has 4 nitrogen and oxygen atoms in total. The van der Waals surface area contributed by atoms with Gasteiger partial charge in [0.25, 0.3) is 0 Å². The molecule has 0 spiro atoms. The number of rotatable bonds is 6. The van der Waals surface area contributed by atoms with Gasteiger partial charge in [-0.3, -0.25) is 4.79 Å². The number of benzene rings is 2. The van der Waals surface area contributed by atoms with E-state index in [1.54, 1.807) is 24.3 Å². The van der Waals surface area contributed by atoms with E-state index in [0.717, 1.165) is 21.6 Å². The zero-order chi connectivity index (χ0) is 16.1. The van der Waals surface area contributed by atoms with E-state index in [2.05, 4.69) is 0 Å². The Hall–Kier alpha value is -1.98. The topological polar surface area (TPSA) is 63.6 Å². The fraction of sp³-hybridized carbons (Fsp3) is 0.125. The average Bonchev–Trinajstić information content (AvgIpc) is 2.48. The fourth-order valence-corrected chi connectivity index (χ4v) is 3.01. The number of aliphatic carboxylic acids is 1. The van der Waals surface area contributed by atoms with Crippen LogP contribution < -0.4 is 4.74 Å². The van der Waals surface area contributed by atoms with Crippen LogP contribution in [-0.4, -0.2) is 24.0 Å². The normalized spacial score (nSPS) is 10.3. The quantitative estimate of drug-likeness (QED) is 0.805. The van der Waals surface area contributed by atoms with Crippen LogP contribution in [0.15, 0.2) is 46.2 Å². The maximum Gasteiger partial charge on any atom is 0.341 e. The Bertz CT molecular complexity index is 715. The highest BCUT2D eigenvalue weighted by atomic mass is 35.5. The first-order valence-electron chi connectivity index (χ1n) is 6.37. The number of carbonyl (C=O) groups is 2. The third kappa shape index (κ3) is 4.26. The second-order valence-electron chi connectivity index (χ2n) is 4.52.